The van der Waals surface area contributed by atoms with Crippen LogP contribution in [0.4, 0.5) is 0 Å². The molecule has 1 N–H and O–H groups in total. The van der Waals surface area contributed by atoms with Crippen LogP contribution in [0.2, 0.25) is 0 Å². The van der Waals surface area contributed by atoms with Crippen molar-refractivity contribution in [3.05, 3.63) is 0 Å². The molecule has 112 valence electrons. The predicted octanol–water partition coefficient (Wildman–Crippen LogP) is 4.53. The summed E-state index contributed by atoms with van der Waals surface area (Å²) in [7, 11) is 0. The average molecular weight is 267 g/mol. The summed E-state index contributed by atoms with van der Waals surface area (Å²) in [6.07, 6.45) is 7.78. The summed E-state index contributed by atoms with van der Waals surface area (Å²) in [5.41, 5.74) is -0.0815. The largest absolute Gasteiger partial charge is 0.351 e. The number of amides is 1. The molecular weight excluding hydrogens is 234 g/mol. The number of rotatable bonds is 4. The topological polar surface area (TPSA) is 29.1 Å². The zero-order valence-electron chi connectivity index (χ0n) is 13.8. The molecule has 0 radical (unpaired) electrons. The van der Waals surface area contributed by atoms with E-state index in [1.165, 1.54) is 32.1 Å². The van der Waals surface area contributed by atoms with Gasteiger partial charge in [0.15, 0.2) is 0 Å². The van der Waals surface area contributed by atoms with Crippen molar-refractivity contribution in [3.8, 4) is 0 Å². The molecule has 0 saturated heterocycles. The fourth-order valence-electron chi connectivity index (χ4n) is 3.12. The molecule has 0 bridgehead atoms. The Hall–Kier alpha value is -0.530. The van der Waals surface area contributed by atoms with Gasteiger partial charge in [-0.15, -0.1) is 0 Å². The van der Waals surface area contributed by atoms with Crippen molar-refractivity contribution >= 4 is 5.91 Å². The van der Waals surface area contributed by atoms with E-state index in [4.69, 9.17) is 0 Å². The Labute approximate surface area is 119 Å². The van der Waals surface area contributed by atoms with Gasteiger partial charge >= 0.3 is 0 Å². The first-order chi connectivity index (χ1) is 8.59. The highest BCUT2D eigenvalue weighted by Gasteiger charge is 2.33. The Morgan fingerprint density at radius 2 is 1.63 bits per heavy atom. The molecule has 0 aliphatic heterocycles. The van der Waals surface area contributed by atoms with Crippen LogP contribution in [0.15, 0.2) is 0 Å². The quantitative estimate of drug-likeness (QED) is 0.796. The molecule has 2 nitrogen and oxygen atoms in total. The van der Waals surface area contributed by atoms with Crippen LogP contribution < -0.4 is 5.32 Å². The summed E-state index contributed by atoms with van der Waals surface area (Å²) in [6, 6.07) is 0. The van der Waals surface area contributed by atoms with Gasteiger partial charge in [-0.05, 0) is 44.9 Å². The highest BCUT2D eigenvalue weighted by molar-refractivity contribution is 5.80. The van der Waals surface area contributed by atoms with Crippen LogP contribution in [0.5, 0.6) is 0 Å². The van der Waals surface area contributed by atoms with Gasteiger partial charge in [0.2, 0.25) is 5.91 Å². The average Bonchev–Trinajstić information content (AvgIpc) is 2.65. The van der Waals surface area contributed by atoms with Gasteiger partial charge in [0.05, 0.1) is 0 Å². The molecule has 1 atom stereocenters. The van der Waals surface area contributed by atoms with Gasteiger partial charge in [0.1, 0.15) is 0 Å². The van der Waals surface area contributed by atoms with Crippen LogP contribution in [0.25, 0.3) is 0 Å². The summed E-state index contributed by atoms with van der Waals surface area (Å²) >= 11 is 0. The van der Waals surface area contributed by atoms with Crippen molar-refractivity contribution < 1.29 is 4.79 Å². The first-order valence-electron chi connectivity index (χ1n) is 7.91. The van der Waals surface area contributed by atoms with Crippen molar-refractivity contribution in [3.63, 3.8) is 0 Å². The first-order valence-corrected chi connectivity index (χ1v) is 7.91. The Morgan fingerprint density at radius 1 is 1.11 bits per heavy atom. The Balaban J connectivity index is 2.58. The lowest BCUT2D eigenvalue weighted by atomic mass is 9.76. The zero-order valence-corrected chi connectivity index (χ0v) is 13.8. The highest BCUT2D eigenvalue weighted by atomic mass is 16.2. The van der Waals surface area contributed by atoms with Gasteiger partial charge in [0.25, 0.3) is 0 Å². The maximum Gasteiger partial charge on any atom is 0.224 e. The van der Waals surface area contributed by atoms with Crippen molar-refractivity contribution in [1.82, 2.24) is 5.32 Å². The third-order valence-electron chi connectivity index (χ3n) is 4.20. The molecule has 19 heavy (non-hydrogen) atoms. The van der Waals surface area contributed by atoms with Crippen LogP contribution in [-0.2, 0) is 4.79 Å². The van der Waals surface area contributed by atoms with Gasteiger partial charge in [-0.25, -0.2) is 0 Å². The first kappa shape index (κ1) is 16.5. The van der Waals surface area contributed by atoms with E-state index >= 15 is 0 Å². The van der Waals surface area contributed by atoms with Crippen molar-refractivity contribution in [2.75, 3.05) is 0 Å². The molecule has 1 aliphatic rings. The lowest BCUT2D eigenvalue weighted by Crippen LogP contribution is -2.47. The minimum Gasteiger partial charge on any atom is -0.351 e. The van der Waals surface area contributed by atoms with Crippen LogP contribution >= 0.6 is 0 Å². The molecule has 1 unspecified atom stereocenters. The predicted molar refractivity (Wildman–Crippen MR) is 82.0 cm³/mol. The summed E-state index contributed by atoms with van der Waals surface area (Å²) in [4.78, 5) is 12.5. The minimum atomic E-state index is -0.131. The van der Waals surface area contributed by atoms with E-state index in [-0.39, 0.29) is 22.8 Å². The minimum absolute atomic E-state index is 0.0495. The number of hydrogen-bond donors (Lipinski definition) is 1. The smallest absolute Gasteiger partial charge is 0.224 e. The number of carbonyl (C=O) groups is 1. The normalized spacial score (nSPS) is 19.5. The maximum absolute atomic E-state index is 12.5. The Morgan fingerprint density at radius 3 is 2.05 bits per heavy atom. The molecule has 1 fully saturated rings. The second-order valence-electron chi connectivity index (χ2n) is 8.39. The second kappa shape index (κ2) is 6.28. The third kappa shape index (κ3) is 5.97. The SMILES string of the molecule is CC(C)(C)NC(=O)C(CCC1CCCC1)C(C)(C)C. The second-order valence-corrected chi connectivity index (χ2v) is 8.39. The maximum atomic E-state index is 12.5. The number of carbonyl (C=O) groups excluding carboxylic acids is 1. The summed E-state index contributed by atoms with van der Waals surface area (Å²) in [5, 5.41) is 3.16. The number of nitrogens with one attached hydrogen (secondary N) is 1. The van der Waals surface area contributed by atoms with Gasteiger partial charge in [-0.3, -0.25) is 4.79 Å². The Kier molecular flexibility index (Phi) is 5.46. The van der Waals surface area contributed by atoms with Crippen LogP contribution in [-0.4, -0.2) is 11.4 Å². The Bertz CT molecular complexity index is 289. The fourth-order valence-corrected chi connectivity index (χ4v) is 3.12. The van der Waals surface area contributed by atoms with E-state index in [1.807, 2.05) is 0 Å². The molecule has 1 aliphatic carbocycles. The van der Waals surface area contributed by atoms with E-state index in [2.05, 4.69) is 46.9 Å². The zero-order chi connectivity index (χ0) is 14.7. The molecule has 0 heterocycles. The molecule has 1 rings (SSSR count). The molecule has 0 aromatic carbocycles. The van der Waals surface area contributed by atoms with E-state index in [1.54, 1.807) is 0 Å². The molecule has 1 amide bonds. The summed E-state index contributed by atoms with van der Waals surface area (Å²) in [5.74, 6) is 1.23. The van der Waals surface area contributed by atoms with Gasteiger partial charge in [-0.1, -0.05) is 46.5 Å². The summed E-state index contributed by atoms with van der Waals surface area (Å²) < 4.78 is 0. The van der Waals surface area contributed by atoms with E-state index < -0.39 is 0 Å². The van der Waals surface area contributed by atoms with Crippen molar-refractivity contribution in [1.29, 1.82) is 0 Å². The molecule has 0 aromatic heterocycles. The van der Waals surface area contributed by atoms with Crippen LogP contribution in [0.3, 0.4) is 0 Å². The van der Waals surface area contributed by atoms with E-state index in [0.717, 1.165) is 12.3 Å². The lowest BCUT2D eigenvalue weighted by molar-refractivity contribution is -0.130. The van der Waals surface area contributed by atoms with Gasteiger partial charge in [0, 0.05) is 11.5 Å². The standard InChI is InChI=1S/C17H33NO/c1-16(2,3)14(15(19)18-17(4,5)6)12-11-13-9-7-8-10-13/h13-14H,7-12H2,1-6H3,(H,18,19). The van der Waals surface area contributed by atoms with Crippen molar-refractivity contribution in [2.24, 2.45) is 17.3 Å². The molecule has 2 heteroatoms. The monoisotopic (exact) mass is 267 g/mol. The van der Waals surface area contributed by atoms with Gasteiger partial charge < -0.3 is 5.32 Å². The van der Waals surface area contributed by atoms with E-state index in [9.17, 15) is 4.79 Å². The molecule has 0 aromatic rings. The lowest BCUT2D eigenvalue weighted by Gasteiger charge is -2.33. The van der Waals surface area contributed by atoms with Crippen LogP contribution in [0, 0.1) is 17.3 Å². The van der Waals surface area contributed by atoms with E-state index in [0.29, 0.717) is 0 Å². The highest BCUT2D eigenvalue weighted by Crippen LogP contribution is 2.35. The third-order valence-corrected chi connectivity index (χ3v) is 4.20. The van der Waals surface area contributed by atoms with Gasteiger partial charge in [-0.2, -0.15) is 0 Å². The van der Waals surface area contributed by atoms with Crippen molar-refractivity contribution in [2.45, 2.75) is 85.6 Å². The number of hydrogen-bond acceptors (Lipinski definition) is 1. The molecule has 0 spiro atoms. The van der Waals surface area contributed by atoms with Crippen LogP contribution in [0.1, 0.15) is 80.1 Å². The fraction of sp³-hybridized carbons (Fsp3) is 0.941. The molecule has 1 saturated carbocycles. The summed E-state index contributed by atoms with van der Waals surface area (Å²) in [6.45, 7) is 12.7. The molecular formula is C17H33NO.